The molecule has 3 aromatic rings. The number of carbonyl (C=O) groups excluding carboxylic acids is 1. The highest BCUT2D eigenvalue weighted by Crippen LogP contribution is 2.14. The molecule has 3 rings (SSSR count). The van der Waals surface area contributed by atoms with Crippen LogP contribution in [0.15, 0.2) is 53.3 Å². The summed E-state index contributed by atoms with van der Waals surface area (Å²) in [6, 6.07) is 14.6. The molecule has 7 heteroatoms. The molecule has 7 nitrogen and oxygen atoms in total. The van der Waals surface area contributed by atoms with Gasteiger partial charge in [0.05, 0.1) is 5.69 Å². The van der Waals surface area contributed by atoms with Crippen LogP contribution in [0.2, 0.25) is 0 Å². The van der Waals surface area contributed by atoms with Gasteiger partial charge in [-0.05, 0) is 59.7 Å². The zero-order valence-corrected chi connectivity index (χ0v) is 13.4. The molecule has 122 valence electrons. The summed E-state index contributed by atoms with van der Waals surface area (Å²) in [6.45, 7) is 3.78. The third-order valence-electron chi connectivity index (χ3n) is 3.72. The summed E-state index contributed by atoms with van der Waals surface area (Å²) in [6.07, 6.45) is 0. The molecule has 1 amide bonds. The summed E-state index contributed by atoms with van der Waals surface area (Å²) in [5.74, 6) is -0.333. The molecule has 0 aliphatic carbocycles. The van der Waals surface area contributed by atoms with Crippen molar-refractivity contribution >= 4 is 11.6 Å². The van der Waals surface area contributed by atoms with Crippen molar-refractivity contribution in [1.82, 2.24) is 19.8 Å². The number of amides is 1. The molecule has 0 fully saturated rings. The number of nitrogens with zero attached hydrogens (tertiary/aromatic N) is 4. The standard InChI is InChI=1S/C17H17N5O2/c1-12-8-9-14(10-13(12)2)18-16(23)11-21-17(24)22(20-19-21)15-6-4-3-5-7-15/h3-10H,11H2,1-2H3,(H,18,23). The lowest BCUT2D eigenvalue weighted by molar-refractivity contribution is -0.117. The fraction of sp³-hybridized carbons (Fsp3) is 0.176. The van der Waals surface area contributed by atoms with Crippen molar-refractivity contribution < 1.29 is 4.79 Å². The van der Waals surface area contributed by atoms with E-state index in [1.807, 2.05) is 38.1 Å². The van der Waals surface area contributed by atoms with Crippen LogP contribution in [-0.2, 0) is 11.3 Å². The Morgan fingerprint density at radius 2 is 1.79 bits per heavy atom. The summed E-state index contributed by atoms with van der Waals surface area (Å²) in [7, 11) is 0. The second-order valence-corrected chi connectivity index (χ2v) is 5.51. The number of aromatic nitrogens is 4. The lowest BCUT2D eigenvalue weighted by atomic mass is 10.1. The minimum absolute atomic E-state index is 0.196. The Morgan fingerprint density at radius 1 is 1.04 bits per heavy atom. The zero-order valence-electron chi connectivity index (χ0n) is 13.4. The maximum atomic E-state index is 12.3. The van der Waals surface area contributed by atoms with E-state index in [0.29, 0.717) is 11.4 Å². The van der Waals surface area contributed by atoms with Crippen LogP contribution < -0.4 is 11.0 Å². The van der Waals surface area contributed by atoms with Crippen LogP contribution >= 0.6 is 0 Å². The molecule has 0 radical (unpaired) electrons. The van der Waals surface area contributed by atoms with Crippen molar-refractivity contribution in [3.05, 3.63) is 70.1 Å². The van der Waals surface area contributed by atoms with Gasteiger partial charge in [-0.2, -0.15) is 9.36 Å². The van der Waals surface area contributed by atoms with E-state index in [1.54, 1.807) is 24.3 Å². The van der Waals surface area contributed by atoms with E-state index in [1.165, 1.54) is 0 Å². The number of benzene rings is 2. The average Bonchev–Trinajstić information content (AvgIpc) is 2.92. The lowest BCUT2D eigenvalue weighted by Crippen LogP contribution is -2.29. The summed E-state index contributed by atoms with van der Waals surface area (Å²) in [5, 5.41) is 10.3. The lowest BCUT2D eigenvalue weighted by Gasteiger charge is -2.07. The largest absolute Gasteiger partial charge is 0.368 e. The van der Waals surface area contributed by atoms with Gasteiger partial charge in [0.1, 0.15) is 6.54 Å². The van der Waals surface area contributed by atoms with Gasteiger partial charge >= 0.3 is 5.69 Å². The number of aryl methyl sites for hydroxylation is 2. The van der Waals surface area contributed by atoms with Crippen LogP contribution in [0.5, 0.6) is 0 Å². The minimum atomic E-state index is -0.462. The molecule has 2 aromatic carbocycles. The highest BCUT2D eigenvalue weighted by molar-refractivity contribution is 5.90. The number of hydrogen-bond donors (Lipinski definition) is 1. The van der Waals surface area contributed by atoms with Crippen LogP contribution in [-0.4, -0.2) is 25.7 Å². The van der Waals surface area contributed by atoms with Gasteiger partial charge in [0, 0.05) is 5.69 Å². The Balaban J connectivity index is 1.74. The number of nitrogens with one attached hydrogen (secondary N) is 1. The molecule has 0 spiro atoms. The van der Waals surface area contributed by atoms with Crippen LogP contribution in [0.4, 0.5) is 5.69 Å². The SMILES string of the molecule is Cc1ccc(NC(=O)Cn2nnn(-c3ccccc3)c2=O)cc1C. The number of carbonyl (C=O) groups is 1. The smallest absolute Gasteiger partial charge is 0.324 e. The first-order valence-electron chi connectivity index (χ1n) is 7.50. The van der Waals surface area contributed by atoms with Gasteiger partial charge in [0.2, 0.25) is 5.91 Å². The van der Waals surface area contributed by atoms with Crippen molar-refractivity contribution in [3.63, 3.8) is 0 Å². The zero-order chi connectivity index (χ0) is 17.1. The van der Waals surface area contributed by atoms with Gasteiger partial charge in [-0.15, -0.1) is 0 Å². The number of rotatable bonds is 4. The summed E-state index contributed by atoms with van der Waals surface area (Å²) < 4.78 is 2.19. The molecule has 1 heterocycles. The fourth-order valence-electron chi connectivity index (χ4n) is 2.26. The van der Waals surface area contributed by atoms with E-state index < -0.39 is 5.69 Å². The molecular weight excluding hydrogens is 306 g/mol. The highest BCUT2D eigenvalue weighted by atomic mass is 16.2. The molecular formula is C17H17N5O2. The molecule has 0 saturated carbocycles. The van der Waals surface area contributed by atoms with E-state index >= 15 is 0 Å². The maximum absolute atomic E-state index is 12.3. The third kappa shape index (κ3) is 3.24. The van der Waals surface area contributed by atoms with Crippen molar-refractivity contribution in [2.45, 2.75) is 20.4 Å². The van der Waals surface area contributed by atoms with Crippen molar-refractivity contribution in [2.75, 3.05) is 5.32 Å². The minimum Gasteiger partial charge on any atom is -0.324 e. The van der Waals surface area contributed by atoms with Crippen LogP contribution in [0.25, 0.3) is 5.69 Å². The van der Waals surface area contributed by atoms with Gasteiger partial charge in [-0.1, -0.05) is 24.3 Å². The van der Waals surface area contributed by atoms with Gasteiger partial charge in [0.25, 0.3) is 0 Å². The summed E-state index contributed by atoms with van der Waals surface area (Å²) in [5.41, 5.74) is 3.06. The molecule has 1 aromatic heterocycles. The number of para-hydroxylation sites is 1. The second kappa shape index (κ2) is 6.49. The quantitative estimate of drug-likeness (QED) is 0.792. The molecule has 0 bridgehead atoms. The highest BCUT2D eigenvalue weighted by Gasteiger charge is 2.12. The molecule has 0 aliphatic heterocycles. The van der Waals surface area contributed by atoms with Crippen molar-refractivity contribution in [1.29, 1.82) is 0 Å². The Kier molecular flexibility index (Phi) is 4.24. The first kappa shape index (κ1) is 15.7. The van der Waals surface area contributed by atoms with E-state index in [-0.39, 0.29) is 12.5 Å². The van der Waals surface area contributed by atoms with E-state index in [9.17, 15) is 9.59 Å². The second-order valence-electron chi connectivity index (χ2n) is 5.51. The van der Waals surface area contributed by atoms with E-state index in [2.05, 4.69) is 15.7 Å². The Morgan fingerprint density at radius 3 is 2.50 bits per heavy atom. The summed E-state index contributed by atoms with van der Waals surface area (Å²) in [4.78, 5) is 24.4. The Labute approximate surface area is 138 Å². The first-order chi connectivity index (χ1) is 11.5. The Bertz CT molecular complexity index is 928. The van der Waals surface area contributed by atoms with E-state index in [0.717, 1.165) is 20.5 Å². The molecule has 0 aliphatic rings. The van der Waals surface area contributed by atoms with Gasteiger partial charge in [-0.3, -0.25) is 4.79 Å². The molecule has 1 N–H and O–H groups in total. The third-order valence-corrected chi connectivity index (χ3v) is 3.72. The van der Waals surface area contributed by atoms with E-state index in [4.69, 9.17) is 0 Å². The number of anilines is 1. The molecule has 0 saturated heterocycles. The maximum Gasteiger partial charge on any atom is 0.368 e. The Hall–Kier alpha value is -3.22. The predicted molar refractivity (Wildman–Crippen MR) is 90.2 cm³/mol. The summed E-state index contributed by atoms with van der Waals surface area (Å²) >= 11 is 0. The number of hydrogen-bond acceptors (Lipinski definition) is 4. The average molecular weight is 323 g/mol. The molecule has 24 heavy (non-hydrogen) atoms. The molecule has 0 atom stereocenters. The van der Waals surface area contributed by atoms with Gasteiger partial charge in [-0.25, -0.2) is 4.79 Å². The topological polar surface area (TPSA) is 81.8 Å². The monoisotopic (exact) mass is 323 g/mol. The van der Waals surface area contributed by atoms with Crippen LogP contribution in [0.3, 0.4) is 0 Å². The normalized spacial score (nSPS) is 10.6. The van der Waals surface area contributed by atoms with Crippen LogP contribution in [0.1, 0.15) is 11.1 Å². The van der Waals surface area contributed by atoms with Crippen molar-refractivity contribution in [2.24, 2.45) is 0 Å². The van der Waals surface area contributed by atoms with Gasteiger partial charge < -0.3 is 5.32 Å². The fourth-order valence-corrected chi connectivity index (χ4v) is 2.26. The van der Waals surface area contributed by atoms with Gasteiger partial charge in [0.15, 0.2) is 0 Å². The molecule has 0 unspecified atom stereocenters. The predicted octanol–water partition coefficient (Wildman–Crippen LogP) is 1.68. The first-order valence-corrected chi connectivity index (χ1v) is 7.50. The van der Waals surface area contributed by atoms with Crippen molar-refractivity contribution in [3.8, 4) is 5.69 Å². The number of tetrazole rings is 1. The van der Waals surface area contributed by atoms with Crippen LogP contribution in [0, 0.1) is 13.8 Å².